The lowest BCUT2D eigenvalue weighted by molar-refractivity contribution is -0.177. The number of hydrogen-bond acceptors (Lipinski definition) is 10. The summed E-state index contributed by atoms with van der Waals surface area (Å²) < 4.78 is 35.9. The van der Waals surface area contributed by atoms with Gasteiger partial charge in [-0.2, -0.15) is 4.98 Å². The second-order valence-electron chi connectivity index (χ2n) is 8.44. The van der Waals surface area contributed by atoms with E-state index in [0.29, 0.717) is 11.4 Å². The molecule has 2 N–H and O–H groups in total. The summed E-state index contributed by atoms with van der Waals surface area (Å²) in [6, 6.07) is 13.5. The minimum atomic E-state index is -2.03. The van der Waals surface area contributed by atoms with E-state index < -0.39 is 23.4 Å². The molecule has 0 unspecified atom stereocenters. The second kappa shape index (κ2) is 12.7. The Bertz CT molecular complexity index is 1230. The highest BCUT2D eigenvalue weighted by Crippen LogP contribution is 2.27. The van der Waals surface area contributed by atoms with Crippen LogP contribution in [0.1, 0.15) is 34.6 Å². The fourth-order valence-corrected chi connectivity index (χ4v) is 3.25. The summed E-state index contributed by atoms with van der Waals surface area (Å²) in [5.74, 6) is -1.54. The van der Waals surface area contributed by atoms with Crippen LogP contribution in [0.5, 0.6) is 11.5 Å². The molecular weight excluding hydrogens is 495 g/mol. The van der Waals surface area contributed by atoms with Crippen LogP contribution in [-0.4, -0.2) is 46.8 Å². The molecule has 0 aliphatic rings. The van der Waals surface area contributed by atoms with Gasteiger partial charge in [-0.3, -0.25) is 0 Å². The van der Waals surface area contributed by atoms with Crippen LogP contribution < -0.4 is 20.1 Å². The van der Waals surface area contributed by atoms with E-state index in [-0.39, 0.29) is 36.8 Å². The SMILES string of the molecule is CCOC(=O)C(C)(Oc1cccc(Nc2nc(Nc3ccc(OC(C)C)cc3)ncc2F)c1)C(=O)OCC. The van der Waals surface area contributed by atoms with Crippen LogP contribution in [-0.2, 0) is 19.1 Å². The van der Waals surface area contributed by atoms with Gasteiger partial charge in [0.15, 0.2) is 11.6 Å². The predicted molar refractivity (Wildman–Crippen MR) is 140 cm³/mol. The highest BCUT2D eigenvalue weighted by atomic mass is 19.1. The van der Waals surface area contributed by atoms with Crippen molar-refractivity contribution in [1.29, 1.82) is 0 Å². The average Bonchev–Trinajstić information content (AvgIpc) is 2.87. The summed E-state index contributed by atoms with van der Waals surface area (Å²) in [4.78, 5) is 33.2. The predicted octanol–water partition coefficient (Wildman–Crippen LogP) is 5.15. The van der Waals surface area contributed by atoms with E-state index >= 15 is 0 Å². The van der Waals surface area contributed by atoms with Crippen LogP contribution in [0.4, 0.5) is 27.5 Å². The highest BCUT2D eigenvalue weighted by Gasteiger charge is 2.47. The summed E-state index contributed by atoms with van der Waals surface area (Å²) in [7, 11) is 0. The lowest BCUT2D eigenvalue weighted by Gasteiger charge is -2.26. The summed E-state index contributed by atoms with van der Waals surface area (Å²) in [6.45, 7) is 8.48. The van der Waals surface area contributed by atoms with Gasteiger partial charge in [0.1, 0.15) is 11.5 Å². The molecule has 10 nitrogen and oxygen atoms in total. The molecule has 2 aromatic carbocycles. The van der Waals surface area contributed by atoms with Gasteiger partial charge in [-0.1, -0.05) is 6.07 Å². The molecule has 11 heteroatoms. The van der Waals surface area contributed by atoms with Crippen molar-refractivity contribution in [3.63, 3.8) is 0 Å². The van der Waals surface area contributed by atoms with Crippen molar-refractivity contribution in [2.24, 2.45) is 0 Å². The standard InChI is InChI=1S/C27H31FN4O6/c1-6-35-24(33)27(5,25(34)36-7-2)38-21-10-8-9-19(15-21)30-23-22(28)16-29-26(32-23)31-18-11-13-20(14-12-18)37-17(3)4/h8-17H,6-7H2,1-5H3,(H2,29,30,31,32). The first-order valence-corrected chi connectivity index (χ1v) is 12.1. The minimum Gasteiger partial charge on any atom is -0.491 e. The van der Waals surface area contributed by atoms with Crippen molar-refractivity contribution in [3.05, 3.63) is 60.5 Å². The van der Waals surface area contributed by atoms with Gasteiger partial charge in [-0.05, 0) is 71.0 Å². The van der Waals surface area contributed by atoms with Crippen molar-refractivity contribution in [3.8, 4) is 11.5 Å². The van der Waals surface area contributed by atoms with E-state index in [0.717, 1.165) is 11.9 Å². The van der Waals surface area contributed by atoms with Gasteiger partial charge < -0.3 is 29.6 Å². The van der Waals surface area contributed by atoms with Gasteiger partial charge >= 0.3 is 11.9 Å². The van der Waals surface area contributed by atoms with Crippen LogP contribution in [0.25, 0.3) is 0 Å². The van der Waals surface area contributed by atoms with E-state index in [9.17, 15) is 14.0 Å². The van der Waals surface area contributed by atoms with Crippen molar-refractivity contribution < 1.29 is 32.9 Å². The lowest BCUT2D eigenvalue weighted by atomic mass is 10.1. The minimum absolute atomic E-state index is 0.0517. The number of carbonyl (C=O) groups excluding carboxylic acids is 2. The smallest absolute Gasteiger partial charge is 0.362 e. The van der Waals surface area contributed by atoms with Gasteiger partial charge in [-0.25, -0.2) is 19.0 Å². The molecule has 0 radical (unpaired) electrons. The number of halogens is 1. The third kappa shape index (κ3) is 7.31. The Hall–Kier alpha value is -4.41. The Balaban J connectivity index is 1.78. The van der Waals surface area contributed by atoms with E-state index in [1.807, 2.05) is 13.8 Å². The summed E-state index contributed by atoms with van der Waals surface area (Å²) in [5.41, 5.74) is -0.958. The van der Waals surface area contributed by atoms with Gasteiger partial charge in [0, 0.05) is 17.4 Å². The number of rotatable bonds is 12. The van der Waals surface area contributed by atoms with E-state index in [1.165, 1.54) is 19.1 Å². The molecule has 0 saturated heterocycles. The molecule has 0 fully saturated rings. The monoisotopic (exact) mass is 526 g/mol. The number of anilines is 4. The fourth-order valence-electron chi connectivity index (χ4n) is 3.25. The zero-order valence-electron chi connectivity index (χ0n) is 21.9. The summed E-state index contributed by atoms with van der Waals surface area (Å²) in [5, 5.41) is 5.88. The Kier molecular flexibility index (Phi) is 9.42. The van der Waals surface area contributed by atoms with Crippen LogP contribution in [0.15, 0.2) is 54.7 Å². The molecule has 3 aromatic rings. The van der Waals surface area contributed by atoms with Crippen molar-refractivity contribution in [2.75, 3.05) is 23.8 Å². The molecule has 1 heterocycles. The molecule has 1 aromatic heterocycles. The third-order valence-corrected chi connectivity index (χ3v) is 4.98. The van der Waals surface area contributed by atoms with Crippen LogP contribution >= 0.6 is 0 Å². The Morgan fingerprint density at radius 3 is 2.21 bits per heavy atom. The molecule has 202 valence electrons. The molecule has 0 amide bonds. The number of nitrogens with one attached hydrogen (secondary N) is 2. The number of hydrogen-bond donors (Lipinski definition) is 2. The van der Waals surface area contributed by atoms with Crippen LogP contribution in [0.2, 0.25) is 0 Å². The molecule has 0 saturated carbocycles. The van der Waals surface area contributed by atoms with E-state index in [2.05, 4.69) is 20.6 Å². The zero-order valence-corrected chi connectivity index (χ0v) is 21.9. The Morgan fingerprint density at radius 1 is 0.947 bits per heavy atom. The maximum atomic E-state index is 14.5. The number of aromatic nitrogens is 2. The van der Waals surface area contributed by atoms with Gasteiger partial charge in [0.2, 0.25) is 5.95 Å². The summed E-state index contributed by atoms with van der Waals surface area (Å²) in [6.07, 6.45) is 1.09. The number of carbonyl (C=O) groups is 2. The maximum absolute atomic E-state index is 14.5. The molecule has 3 rings (SSSR count). The fraction of sp³-hybridized carbons (Fsp3) is 0.333. The zero-order chi connectivity index (χ0) is 27.7. The normalized spacial score (nSPS) is 11.0. The topological polar surface area (TPSA) is 121 Å². The Morgan fingerprint density at radius 2 is 1.61 bits per heavy atom. The average molecular weight is 527 g/mol. The quantitative estimate of drug-likeness (QED) is 0.242. The molecule has 0 aliphatic heterocycles. The number of esters is 2. The molecule has 38 heavy (non-hydrogen) atoms. The lowest BCUT2D eigenvalue weighted by Crippen LogP contribution is -2.51. The molecule has 0 spiro atoms. The third-order valence-electron chi connectivity index (χ3n) is 4.98. The van der Waals surface area contributed by atoms with Crippen molar-refractivity contribution in [2.45, 2.75) is 46.3 Å². The van der Waals surface area contributed by atoms with E-state index in [4.69, 9.17) is 18.9 Å². The van der Waals surface area contributed by atoms with Crippen molar-refractivity contribution >= 4 is 35.1 Å². The number of ether oxygens (including phenoxy) is 4. The molecule has 0 atom stereocenters. The molecule has 0 aliphatic carbocycles. The van der Waals surface area contributed by atoms with Crippen molar-refractivity contribution in [1.82, 2.24) is 9.97 Å². The summed E-state index contributed by atoms with van der Waals surface area (Å²) >= 11 is 0. The van der Waals surface area contributed by atoms with Gasteiger partial charge in [0.05, 0.1) is 25.5 Å². The molecule has 0 bridgehead atoms. The van der Waals surface area contributed by atoms with Crippen LogP contribution in [0.3, 0.4) is 0 Å². The first-order chi connectivity index (χ1) is 18.1. The van der Waals surface area contributed by atoms with Gasteiger partial charge in [-0.15, -0.1) is 0 Å². The Labute approximate surface area is 220 Å². The first-order valence-electron chi connectivity index (χ1n) is 12.1. The number of nitrogens with zero attached hydrogens (tertiary/aromatic N) is 2. The van der Waals surface area contributed by atoms with E-state index in [1.54, 1.807) is 50.2 Å². The maximum Gasteiger partial charge on any atom is 0.362 e. The first kappa shape index (κ1) is 28.2. The van der Waals surface area contributed by atoms with Crippen LogP contribution in [0, 0.1) is 5.82 Å². The molecular formula is C27H31FN4O6. The largest absolute Gasteiger partial charge is 0.491 e. The second-order valence-corrected chi connectivity index (χ2v) is 8.44. The highest BCUT2D eigenvalue weighted by molar-refractivity contribution is 6.03. The number of benzene rings is 2. The van der Waals surface area contributed by atoms with Gasteiger partial charge in [0.25, 0.3) is 5.60 Å².